The summed E-state index contributed by atoms with van der Waals surface area (Å²) in [5.41, 5.74) is 9.30. The highest BCUT2D eigenvalue weighted by Gasteiger charge is 2.10. The monoisotopic (exact) mass is 133 g/mol. The summed E-state index contributed by atoms with van der Waals surface area (Å²) in [5, 5.41) is 0. The number of hydrogen-bond acceptors (Lipinski definition) is 5. The molecule has 0 spiro atoms. The third-order valence-electron chi connectivity index (χ3n) is 0.867. The molecule has 1 atom stereocenters. The fourth-order valence-corrected chi connectivity index (χ4v) is 0.360. The predicted octanol–water partition coefficient (Wildman–Crippen LogP) is -3.23. The molecule has 0 radical (unpaired) electrons. The number of carbonyl (C=O) groups excluding carboxylic acids is 1. The van der Waals surface area contributed by atoms with Crippen molar-refractivity contribution in [3.8, 4) is 0 Å². The molecule has 0 aromatic heterocycles. The summed E-state index contributed by atoms with van der Waals surface area (Å²) in [7, 11) is 0. The van der Waals surface area contributed by atoms with Gasteiger partial charge in [0.1, 0.15) is 6.04 Å². The smallest absolute Gasteiger partial charge is 0.237 e. The van der Waals surface area contributed by atoms with Crippen molar-refractivity contribution in [1.82, 2.24) is 10.9 Å². The number of nitrogens with two attached hydrogens (primary N) is 3. The molecule has 8 N–H and O–H groups in total. The SMILES string of the molecule is NNCC(NN)C(N)=O. The number of hydrogen-bond donors (Lipinski definition) is 5. The molecule has 6 heteroatoms. The van der Waals surface area contributed by atoms with Crippen LogP contribution in [0.5, 0.6) is 0 Å². The fraction of sp³-hybridized carbons (Fsp3) is 0.667. The van der Waals surface area contributed by atoms with Gasteiger partial charge in [0.25, 0.3) is 0 Å². The van der Waals surface area contributed by atoms with Crippen LogP contribution in [0.15, 0.2) is 0 Å². The van der Waals surface area contributed by atoms with E-state index < -0.39 is 11.9 Å². The van der Waals surface area contributed by atoms with Crippen molar-refractivity contribution in [2.45, 2.75) is 6.04 Å². The van der Waals surface area contributed by atoms with Gasteiger partial charge in [-0.15, -0.1) is 0 Å². The summed E-state index contributed by atoms with van der Waals surface area (Å²) < 4.78 is 0. The van der Waals surface area contributed by atoms with Crippen LogP contribution >= 0.6 is 0 Å². The van der Waals surface area contributed by atoms with Crippen LogP contribution in [-0.4, -0.2) is 18.5 Å². The molecular weight excluding hydrogens is 122 g/mol. The number of hydrazine groups is 2. The van der Waals surface area contributed by atoms with E-state index in [1.165, 1.54) is 0 Å². The zero-order valence-corrected chi connectivity index (χ0v) is 4.92. The van der Waals surface area contributed by atoms with Crippen molar-refractivity contribution in [3.05, 3.63) is 0 Å². The highest BCUT2D eigenvalue weighted by Crippen LogP contribution is 1.72. The van der Waals surface area contributed by atoms with Crippen LogP contribution in [0.25, 0.3) is 0 Å². The van der Waals surface area contributed by atoms with E-state index in [0.717, 1.165) is 0 Å². The Morgan fingerprint density at radius 2 is 2.11 bits per heavy atom. The van der Waals surface area contributed by atoms with Gasteiger partial charge in [0.15, 0.2) is 0 Å². The van der Waals surface area contributed by atoms with Crippen LogP contribution in [0.2, 0.25) is 0 Å². The first-order valence-corrected chi connectivity index (χ1v) is 2.41. The fourth-order valence-electron chi connectivity index (χ4n) is 0.360. The Morgan fingerprint density at radius 1 is 1.56 bits per heavy atom. The van der Waals surface area contributed by atoms with E-state index in [9.17, 15) is 4.79 Å². The van der Waals surface area contributed by atoms with Crippen molar-refractivity contribution in [1.29, 1.82) is 0 Å². The van der Waals surface area contributed by atoms with E-state index in [2.05, 4.69) is 10.9 Å². The second-order valence-corrected chi connectivity index (χ2v) is 1.53. The molecule has 6 nitrogen and oxygen atoms in total. The topological polar surface area (TPSA) is 119 Å². The average molecular weight is 133 g/mol. The molecule has 0 aromatic rings. The largest absolute Gasteiger partial charge is 0.368 e. The Labute approximate surface area is 52.7 Å². The van der Waals surface area contributed by atoms with Crippen molar-refractivity contribution in [2.24, 2.45) is 17.4 Å². The molecule has 0 aliphatic carbocycles. The minimum atomic E-state index is -0.602. The maximum absolute atomic E-state index is 10.3. The molecule has 0 rings (SSSR count). The van der Waals surface area contributed by atoms with Gasteiger partial charge in [-0.1, -0.05) is 0 Å². The van der Waals surface area contributed by atoms with Gasteiger partial charge in [-0.2, -0.15) is 0 Å². The standard InChI is InChI=1S/C3H11N5O/c4-3(9)2(8-6)1-7-5/h2,7-8H,1,5-6H2,(H2,4,9). The summed E-state index contributed by atoms with van der Waals surface area (Å²) in [6.07, 6.45) is 0. The zero-order chi connectivity index (χ0) is 7.28. The lowest BCUT2D eigenvalue weighted by molar-refractivity contribution is -0.119. The third kappa shape index (κ3) is 2.98. The van der Waals surface area contributed by atoms with E-state index in [1.54, 1.807) is 0 Å². The van der Waals surface area contributed by atoms with Gasteiger partial charge in [0, 0.05) is 6.54 Å². The molecule has 1 unspecified atom stereocenters. The van der Waals surface area contributed by atoms with Crippen LogP contribution in [0.3, 0.4) is 0 Å². The molecule has 0 fully saturated rings. The number of primary amides is 1. The Balaban J connectivity index is 3.54. The lowest BCUT2D eigenvalue weighted by atomic mass is 10.3. The molecule has 0 heterocycles. The first-order valence-electron chi connectivity index (χ1n) is 2.41. The van der Waals surface area contributed by atoms with Crippen LogP contribution in [0.1, 0.15) is 0 Å². The van der Waals surface area contributed by atoms with Crippen LogP contribution < -0.4 is 28.3 Å². The molecule has 0 saturated heterocycles. The number of rotatable bonds is 4. The average Bonchev–Trinajstić information content (AvgIpc) is 1.82. The third-order valence-corrected chi connectivity index (χ3v) is 0.867. The van der Waals surface area contributed by atoms with E-state index >= 15 is 0 Å². The van der Waals surface area contributed by atoms with Crippen LogP contribution in [0, 0.1) is 0 Å². The maximum Gasteiger partial charge on any atom is 0.237 e. The Morgan fingerprint density at radius 3 is 2.22 bits per heavy atom. The van der Waals surface area contributed by atoms with Gasteiger partial charge in [-0.05, 0) is 0 Å². The van der Waals surface area contributed by atoms with E-state index in [4.69, 9.17) is 17.4 Å². The maximum atomic E-state index is 10.3. The van der Waals surface area contributed by atoms with Gasteiger partial charge in [-0.3, -0.25) is 21.9 Å². The second-order valence-electron chi connectivity index (χ2n) is 1.53. The summed E-state index contributed by atoms with van der Waals surface area (Å²) in [5.74, 6) is 9.27. The van der Waals surface area contributed by atoms with Crippen LogP contribution in [-0.2, 0) is 4.79 Å². The van der Waals surface area contributed by atoms with E-state index in [-0.39, 0.29) is 6.54 Å². The quantitative estimate of drug-likeness (QED) is 0.204. The van der Waals surface area contributed by atoms with Gasteiger partial charge < -0.3 is 5.73 Å². The summed E-state index contributed by atoms with van der Waals surface area (Å²) in [4.78, 5) is 10.3. The van der Waals surface area contributed by atoms with Crippen LogP contribution in [0.4, 0.5) is 0 Å². The summed E-state index contributed by atoms with van der Waals surface area (Å²) in [6, 6.07) is -0.602. The van der Waals surface area contributed by atoms with E-state index in [0.29, 0.717) is 0 Å². The Kier molecular flexibility index (Phi) is 3.89. The van der Waals surface area contributed by atoms with E-state index in [1.807, 2.05) is 0 Å². The molecule has 1 amide bonds. The molecular formula is C3H11N5O. The van der Waals surface area contributed by atoms with Gasteiger partial charge in [-0.25, -0.2) is 5.43 Å². The van der Waals surface area contributed by atoms with Gasteiger partial charge in [0.05, 0.1) is 0 Å². The summed E-state index contributed by atoms with van der Waals surface area (Å²) >= 11 is 0. The Bertz CT molecular complexity index is 94.2. The molecule has 0 aliphatic heterocycles. The number of amides is 1. The molecule has 0 aliphatic rings. The number of carbonyl (C=O) groups is 1. The minimum Gasteiger partial charge on any atom is -0.368 e. The summed E-state index contributed by atoms with van der Waals surface area (Å²) in [6.45, 7) is 0.228. The molecule has 54 valence electrons. The normalized spacial score (nSPS) is 13.1. The van der Waals surface area contributed by atoms with Gasteiger partial charge in [0.2, 0.25) is 5.91 Å². The molecule has 9 heavy (non-hydrogen) atoms. The van der Waals surface area contributed by atoms with Crippen molar-refractivity contribution in [3.63, 3.8) is 0 Å². The number of nitrogens with one attached hydrogen (secondary N) is 2. The Hall–Kier alpha value is -0.690. The zero-order valence-electron chi connectivity index (χ0n) is 4.92. The molecule has 0 aromatic carbocycles. The highest BCUT2D eigenvalue weighted by atomic mass is 16.1. The first-order chi connectivity index (χ1) is 4.22. The van der Waals surface area contributed by atoms with Crippen molar-refractivity contribution < 1.29 is 4.79 Å². The lowest BCUT2D eigenvalue weighted by Gasteiger charge is -2.09. The highest BCUT2D eigenvalue weighted by molar-refractivity contribution is 5.79. The first kappa shape index (κ1) is 8.31. The second kappa shape index (κ2) is 4.21. The van der Waals surface area contributed by atoms with Gasteiger partial charge >= 0.3 is 0 Å². The van der Waals surface area contributed by atoms with Crippen molar-refractivity contribution >= 4 is 5.91 Å². The predicted molar refractivity (Wildman–Crippen MR) is 32.5 cm³/mol. The minimum absolute atomic E-state index is 0.228. The molecule has 0 bridgehead atoms. The lowest BCUT2D eigenvalue weighted by Crippen LogP contribution is -2.52. The van der Waals surface area contributed by atoms with Crippen molar-refractivity contribution in [2.75, 3.05) is 6.54 Å². The molecule has 0 saturated carbocycles.